The van der Waals surface area contributed by atoms with E-state index in [4.69, 9.17) is 23.7 Å². The van der Waals surface area contributed by atoms with Gasteiger partial charge in [-0.25, -0.2) is 4.79 Å². The molecule has 5 rings (SSSR count). The largest absolute Gasteiger partial charge is 0.467 e. The Hall–Kier alpha value is -2.81. The van der Waals surface area contributed by atoms with Crippen molar-refractivity contribution in [2.75, 3.05) is 39.8 Å². The second-order valence-corrected chi connectivity index (χ2v) is 9.20. The fourth-order valence-corrected chi connectivity index (χ4v) is 5.01. The average molecular weight is 483 g/mol. The standard InChI is InChI=1S/C27H34N2O6/c1-3-23(4-2)35-27(30)29-11-9-28(10-12-29)26(19-5-7-24-21(13-19)15-31-17-33-24)20-6-8-25-22(14-20)16-32-18-34-25/h5-8,13-14,23,26H,3-4,9-12,15-18H2,1-2H3. The van der Waals surface area contributed by atoms with Gasteiger partial charge in [0.1, 0.15) is 17.6 Å². The Kier molecular flexibility index (Phi) is 7.41. The summed E-state index contributed by atoms with van der Waals surface area (Å²) >= 11 is 0. The average Bonchev–Trinajstić information content (AvgIpc) is 2.92. The summed E-state index contributed by atoms with van der Waals surface area (Å²) in [5, 5.41) is 0. The van der Waals surface area contributed by atoms with E-state index >= 15 is 0 Å². The van der Waals surface area contributed by atoms with Crippen LogP contribution in [0.2, 0.25) is 0 Å². The molecule has 1 saturated heterocycles. The monoisotopic (exact) mass is 482 g/mol. The molecule has 0 spiro atoms. The first-order chi connectivity index (χ1) is 17.2. The Morgan fingerprint density at radius 1 is 0.857 bits per heavy atom. The number of ether oxygens (including phenoxy) is 5. The molecule has 0 bridgehead atoms. The fourth-order valence-electron chi connectivity index (χ4n) is 5.01. The number of rotatable bonds is 6. The lowest BCUT2D eigenvalue weighted by atomic mass is 9.93. The van der Waals surface area contributed by atoms with Crippen LogP contribution in [0.1, 0.15) is 55.0 Å². The number of carbonyl (C=O) groups excluding carboxylic acids is 1. The molecule has 0 aliphatic carbocycles. The molecule has 35 heavy (non-hydrogen) atoms. The molecule has 0 N–H and O–H groups in total. The summed E-state index contributed by atoms with van der Waals surface area (Å²) in [5.41, 5.74) is 4.44. The Morgan fingerprint density at radius 2 is 1.40 bits per heavy atom. The van der Waals surface area contributed by atoms with Gasteiger partial charge in [-0.1, -0.05) is 26.0 Å². The molecule has 188 valence electrons. The molecule has 8 heteroatoms. The molecule has 8 nitrogen and oxygen atoms in total. The first-order valence-corrected chi connectivity index (χ1v) is 12.5. The van der Waals surface area contributed by atoms with Crippen LogP contribution in [-0.2, 0) is 27.4 Å². The summed E-state index contributed by atoms with van der Waals surface area (Å²) in [5.74, 6) is 1.75. The van der Waals surface area contributed by atoms with E-state index in [9.17, 15) is 4.79 Å². The van der Waals surface area contributed by atoms with E-state index in [0.717, 1.165) is 48.6 Å². The van der Waals surface area contributed by atoms with Crippen LogP contribution in [0.15, 0.2) is 36.4 Å². The Bertz CT molecular complexity index is 973. The minimum absolute atomic E-state index is 0.0201. The molecule has 0 aromatic heterocycles. The lowest BCUT2D eigenvalue weighted by molar-refractivity contribution is -0.0165. The molecule has 2 aromatic rings. The van der Waals surface area contributed by atoms with Crippen LogP contribution in [0.5, 0.6) is 11.5 Å². The molecule has 2 aromatic carbocycles. The summed E-state index contributed by atoms with van der Waals surface area (Å²) in [6, 6.07) is 12.7. The predicted octanol–water partition coefficient (Wildman–Crippen LogP) is 4.45. The first kappa shape index (κ1) is 23.9. The Balaban J connectivity index is 1.39. The van der Waals surface area contributed by atoms with Gasteiger partial charge in [0.25, 0.3) is 0 Å². The summed E-state index contributed by atoms with van der Waals surface area (Å²) in [6.07, 6.45) is 1.44. The molecule has 1 fully saturated rings. The Labute approximate surface area is 206 Å². The number of fused-ring (bicyclic) bond motifs is 2. The quantitative estimate of drug-likeness (QED) is 0.602. The lowest BCUT2D eigenvalue weighted by Gasteiger charge is -2.40. The van der Waals surface area contributed by atoms with Gasteiger partial charge >= 0.3 is 6.09 Å². The van der Waals surface area contributed by atoms with Crippen LogP contribution in [0.25, 0.3) is 0 Å². The van der Waals surface area contributed by atoms with Crippen molar-refractivity contribution in [2.24, 2.45) is 0 Å². The van der Waals surface area contributed by atoms with E-state index in [1.54, 1.807) is 0 Å². The van der Waals surface area contributed by atoms with E-state index < -0.39 is 0 Å². The molecule has 0 unspecified atom stereocenters. The number of benzene rings is 2. The number of carbonyl (C=O) groups is 1. The molecule has 1 amide bonds. The van der Waals surface area contributed by atoms with E-state index in [-0.39, 0.29) is 31.8 Å². The molecular weight excluding hydrogens is 448 g/mol. The zero-order chi connectivity index (χ0) is 24.2. The number of hydrogen-bond acceptors (Lipinski definition) is 7. The van der Waals surface area contributed by atoms with Gasteiger partial charge in [0.2, 0.25) is 0 Å². The zero-order valence-corrected chi connectivity index (χ0v) is 20.5. The van der Waals surface area contributed by atoms with Gasteiger partial charge in [-0.2, -0.15) is 0 Å². The minimum Gasteiger partial charge on any atom is -0.467 e. The summed E-state index contributed by atoms with van der Waals surface area (Å²) < 4.78 is 28.0. The van der Waals surface area contributed by atoms with E-state index in [2.05, 4.69) is 29.2 Å². The Morgan fingerprint density at radius 3 is 1.91 bits per heavy atom. The van der Waals surface area contributed by atoms with Crippen molar-refractivity contribution < 1.29 is 28.5 Å². The van der Waals surface area contributed by atoms with Gasteiger partial charge < -0.3 is 28.6 Å². The third kappa shape index (κ3) is 5.24. The lowest BCUT2D eigenvalue weighted by Crippen LogP contribution is -2.50. The van der Waals surface area contributed by atoms with Gasteiger partial charge in [0.05, 0.1) is 19.3 Å². The number of piperazine rings is 1. The van der Waals surface area contributed by atoms with E-state index in [0.29, 0.717) is 26.3 Å². The van der Waals surface area contributed by atoms with E-state index in [1.807, 2.05) is 30.9 Å². The highest BCUT2D eigenvalue weighted by Gasteiger charge is 2.31. The van der Waals surface area contributed by atoms with Gasteiger partial charge in [-0.05, 0) is 48.2 Å². The molecule has 0 saturated carbocycles. The van der Waals surface area contributed by atoms with Crippen molar-refractivity contribution in [3.8, 4) is 11.5 Å². The van der Waals surface area contributed by atoms with Crippen LogP contribution < -0.4 is 9.47 Å². The van der Waals surface area contributed by atoms with Crippen LogP contribution in [0, 0.1) is 0 Å². The fraction of sp³-hybridized carbons (Fsp3) is 0.519. The maximum atomic E-state index is 12.7. The highest BCUT2D eigenvalue weighted by Crippen LogP contribution is 2.36. The van der Waals surface area contributed by atoms with Crippen LogP contribution in [0.3, 0.4) is 0 Å². The highest BCUT2D eigenvalue weighted by molar-refractivity contribution is 5.68. The normalized spacial score (nSPS) is 18.0. The third-order valence-corrected chi connectivity index (χ3v) is 7.03. The molecular formula is C27H34N2O6. The van der Waals surface area contributed by atoms with Gasteiger partial charge in [0.15, 0.2) is 13.6 Å². The van der Waals surface area contributed by atoms with Gasteiger partial charge in [-0.3, -0.25) is 4.90 Å². The van der Waals surface area contributed by atoms with E-state index in [1.165, 1.54) is 11.1 Å². The van der Waals surface area contributed by atoms with Gasteiger partial charge in [-0.15, -0.1) is 0 Å². The van der Waals surface area contributed by atoms with Gasteiger partial charge in [0, 0.05) is 37.3 Å². The van der Waals surface area contributed by atoms with Crippen LogP contribution in [0.4, 0.5) is 4.79 Å². The predicted molar refractivity (Wildman–Crippen MR) is 129 cm³/mol. The van der Waals surface area contributed by atoms with Crippen molar-refractivity contribution in [1.82, 2.24) is 9.80 Å². The maximum Gasteiger partial charge on any atom is 0.410 e. The molecule has 3 aliphatic heterocycles. The third-order valence-electron chi connectivity index (χ3n) is 7.03. The van der Waals surface area contributed by atoms with Crippen LogP contribution in [-0.4, -0.2) is 61.8 Å². The van der Waals surface area contributed by atoms with Crippen molar-refractivity contribution in [2.45, 2.75) is 52.0 Å². The highest BCUT2D eigenvalue weighted by atomic mass is 16.7. The maximum absolute atomic E-state index is 12.7. The summed E-state index contributed by atoms with van der Waals surface area (Å²) in [6.45, 7) is 8.50. The number of amides is 1. The molecule has 3 heterocycles. The molecule has 0 atom stereocenters. The summed E-state index contributed by atoms with van der Waals surface area (Å²) in [7, 11) is 0. The van der Waals surface area contributed by atoms with Crippen molar-refractivity contribution >= 4 is 6.09 Å². The van der Waals surface area contributed by atoms with Crippen molar-refractivity contribution in [3.63, 3.8) is 0 Å². The second-order valence-electron chi connectivity index (χ2n) is 9.20. The smallest absolute Gasteiger partial charge is 0.410 e. The number of hydrogen-bond donors (Lipinski definition) is 0. The SMILES string of the molecule is CCC(CC)OC(=O)N1CCN(C(c2ccc3c(c2)COCO3)c2ccc3c(c2)COCO3)CC1. The topological polar surface area (TPSA) is 69.7 Å². The first-order valence-electron chi connectivity index (χ1n) is 12.5. The zero-order valence-electron chi connectivity index (χ0n) is 20.5. The molecule has 0 radical (unpaired) electrons. The minimum atomic E-state index is -0.207. The molecule has 3 aliphatic rings. The van der Waals surface area contributed by atoms with Crippen LogP contribution >= 0.6 is 0 Å². The summed E-state index contributed by atoms with van der Waals surface area (Å²) in [4.78, 5) is 17.0. The van der Waals surface area contributed by atoms with Crippen molar-refractivity contribution in [1.29, 1.82) is 0 Å². The van der Waals surface area contributed by atoms with Crippen molar-refractivity contribution in [3.05, 3.63) is 58.7 Å². The number of nitrogens with zero attached hydrogens (tertiary/aromatic N) is 2. The second kappa shape index (κ2) is 10.8.